The summed E-state index contributed by atoms with van der Waals surface area (Å²) in [6.07, 6.45) is 0. The van der Waals surface area contributed by atoms with Gasteiger partial charge < -0.3 is 10.5 Å². The molecule has 0 amide bonds. The zero-order valence-electron chi connectivity index (χ0n) is 12.6. The Morgan fingerprint density at radius 1 is 1.14 bits per heavy atom. The molecule has 3 nitrogen and oxygen atoms in total. The molecule has 0 aliphatic heterocycles. The normalized spacial score (nSPS) is 10.5. The molecule has 2 N–H and O–H groups in total. The van der Waals surface area contributed by atoms with E-state index in [1.165, 1.54) is 0 Å². The zero-order chi connectivity index (χ0) is 15.7. The summed E-state index contributed by atoms with van der Waals surface area (Å²) in [6.45, 7) is 5.74. The number of aryl methyl sites for hydroxylation is 2. The van der Waals surface area contributed by atoms with Crippen molar-refractivity contribution in [1.82, 2.24) is 0 Å². The first-order chi connectivity index (χ1) is 9.85. The molecular formula is C17H18BrNO2. The van der Waals surface area contributed by atoms with Crippen molar-refractivity contribution in [2.45, 2.75) is 20.8 Å². The second-order valence-electron chi connectivity index (χ2n) is 5.17. The Bertz CT molecular complexity index is 703. The average Bonchev–Trinajstić information content (AvgIpc) is 2.40. The third-order valence-corrected chi connectivity index (χ3v) is 4.28. The molecule has 0 aliphatic rings. The Morgan fingerprint density at radius 3 is 2.38 bits per heavy atom. The van der Waals surface area contributed by atoms with E-state index in [2.05, 4.69) is 15.9 Å². The van der Waals surface area contributed by atoms with Gasteiger partial charge in [0.1, 0.15) is 5.75 Å². The molecule has 0 aliphatic carbocycles. The fourth-order valence-electron chi connectivity index (χ4n) is 2.48. The highest BCUT2D eigenvalue weighted by Crippen LogP contribution is 2.34. The second-order valence-corrected chi connectivity index (χ2v) is 6.02. The number of hydrogen-bond acceptors (Lipinski definition) is 3. The number of ketones is 1. The fourth-order valence-corrected chi connectivity index (χ4v) is 3.02. The van der Waals surface area contributed by atoms with Crippen LogP contribution in [0.3, 0.4) is 0 Å². The molecule has 0 aromatic heterocycles. The summed E-state index contributed by atoms with van der Waals surface area (Å²) in [4.78, 5) is 12.9. The van der Waals surface area contributed by atoms with Gasteiger partial charge in [-0.3, -0.25) is 4.79 Å². The first kappa shape index (κ1) is 15.6. The molecule has 0 saturated heterocycles. The van der Waals surface area contributed by atoms with Crippen molar-refractivity contribution in [3.8, 4) is 5.75 Å². The van der Waals surface area contributed by atoms with E-state index in [0.29, 0.717) is 22.6 Å². The van der Waals surface area contributed by atoms with Crippen molar-refractivity contribution in [1.29, 1.82) is 0 Å². The molecule has 0 unspecified atom stereocenters. The van der Waals surface area contributed by atoms with Crippen molar-refractivity contribution in [3.05, 3.63) is 56.6 Å². The van der Waals surface area contributed by atoms with Gasteiger partial charge in [0.2, 0.25) is 0 Å². The predicted molar refractivity (Wildman–Crippen MR) is 89.2 cm³/mol. The zero-order valence-corrected chi connectivity index (χ0v) is 14.2. The predicted octanol–water partition coefficient (Wildman–Crippen LogP) is 4.20. The van der Waals surface area contributed by atoms with Crippen LogP contribution in [0.5, 0.6) is 5.75 Å². The standard InChI is InChI=1S/C17H18BrNO2/c1-9-5-12(8-13(19)6-9)16(20)15-11(3)14(18)7-10(2)17(15)21-4/h5-8H,19H2,1-4H3. The van der Waals surface area contributed by atoms with Crippen LogP contribution in [0.2, 0.25) is 0 Å². The molecular weight excluding hydrogens is 330 g/mol. The lowest BCUT2D eigenvalue weighted by atomic mass is 9.95. The summed E-state index contributed by atoms with van der Waals surface area (Å²) in [7, 11) is 1.58. The number of halogens is 1. The minimum Gasteiger partial charge on any atom is -0.496 e. The molecule has 0 bridgehead atoms. The molecule has 4 heteroatoms. The Morgan fingerprint density at radius 2 is 1.81 bits per heavy atom. The van der Waals surface area contributed by atoms with Crippen molar-refractivity contribution in [2.24, 2.45) is 0 Å². The van der Waals surface area contributed by atoms with Crippen molar-refractivity contribution >= 4 is 27.4 Å². The molecule has 0 spiro atoms. The van der Waals surface area contributed by atoms with Crippen LogP contribution in [0.25, 0.3) is 0 Å². The van der Waals surface area contributed by atoms with Crippen LogP contribution in [0.4, 0.5) is 5.69 Å². The van der Waals surface area contributed by atoms with E-state index in [1.54, 1.807) is 13.2 Å². The monoisotopic (exact) mass is 347 g/mol. The van der Waals surface area contributed by atoms with E-state index >= 15 is 0 Å². The number of ether oxygens (including phenoxy) is 1. The number of hydrogen-bond donors (Lipinski definition) is 1. The van der Waals surface area contributed by atoms with E-state index in [0.717, 1.165) is 21.2 Å². The molecule has 0 fully saturated rings. The van der Waals surface area contributed by atoms with Gasteiger partial charge in [0.25, 0.3) is 0 Å². The first-order valence-electron chi connectivity index (χ1n) is 6.60. The van der Waals surface area contributed by atoms with Crippen molar-refractivity contribution < 1.29 is 9.53 Å². The maximum Gasteiger partial charge on any atom is 0.197 e. The van der Waals surface area contributed by atoms with Gasteiger partial charge in [-0.05, 0) is 61.7 Å². The minimum atomic E-state index is -0.0795. The summed E-state index contributed by atoms with van der Waals surface area (Å²) in [5, 5.41) is 0. The van der Waals surface area contributed by atoms with Gasteiger partial charge in [-0.15, -0.1) is 0 Å². The highest BCUT2D eigenvalue weighted by Gasteiger charge is 2.21. The Hall–Kier alpha value is -1.81. The first-order valence-corrected chi connectivity index (χ1v) is 7.40. The van der Waals surface area contributed by atoms with Crippen LogP contribution >= 0.6 is 15.9 Å². The fraction of sp³-hybridized carbons (Fsp3) is 0.235. The van der Waals surface area contributed by atoms with Crippen LogP contribution in [-0.2, 0) is 0 Å². The van der Waals surface area contributed by atoms with Gasteiger partial charge in [-0.1, -0.05) is 15.9 Å². The average molecular weight is 348 g/mol. The van der Waals surface area contributed by atoms with Crippen LogP contribution < -0.4 is 10.5 Å². The summed E-state index contributed by atoms with van der Waals surface area (Å²) in [6, 6.07) is 7.33. The van der Waals surface area contributed by atoms with Crippen LogP contribution in [0.15, 0.2) is 28.7 Å². The number of anilines is 1. The molecule has 2 aromatic rings. The highest BCUT2D eigenvalue weighted by molar-refractivity contribution is 9.10. The maximum absolute atomic E-state index is 12.9. The lowest BCUT2D eigenvalue weighted by molar-refractivity contribution is 0.103. The van der Waals surface area contributed by atoms with Gasteiger partial charge in [-0.25, -0.2) is 0 Å². The largest absolute Gasteiger partial charge is 0.496 e. The van der Waals surface area contributed by atoms with E-state index < -0.39 is 0 Å². The van der Waals surface area contributed by atoms with Crippen LogP contribution in [0.1, 0.15) is 32.6 Å². The van der Waals surface area contributed by atoms with Gasteiger partial charge in [0.15, 0.2) is 5.78 Å². The second kappa shape index (κ2) is 5.90. The maximum atomic E-state index is 12.9. The highest BCUT2D eigenvalue weighted by atomic mass is 79.9. The number of nitrogens with two attached hydrogens (primary N) is 1. The lowest BCUT2D eigenvalue weighted by Gasteiger charge is -2.15. The number of carbonyl (C=O) groups is 1. The molecule has 0 saturated carbocycles. The van der Waals surface area contributed by atoms with Crippen LogP contribution in [0, 0.1) is 20.8 Å². The topological polar surface area (TPSA) is 52.3 Å². The number of methoxy groups -OCH3 is 1. The van der Waals surface area contributed by atoms with E-state index in [4.69, 9.17) is 10.5 Å². The molecule has 21 heavy (non-hydrogen) atoms. The Kier molecular flexibility index (Phi) is 4.37. The SMILES string of the molecule is COc1c(C)cc(Br)c(C)c1C(=O)c1cc(C)cc(N)c1. The number of benzene rings is 2. The summed E-state index contributed by atoms with van der Waals surface area (Å²) >= 11 is 3.50. The van der Waals surface area contributed by atoms with Crippen molar-refractivity contribution in [3.63, 3.8) is 0 Å². The molecule has 0 heterocycles. The molecule has 2 aromatic carbocycles. The third-order valence-electron chi connectivity index (χ3n) is 3.45. The van der Waals surface area contributed by atoms with E-state index in [9.17, 15) is 4.79 Å². The Labute approximate surface area is 133 Å². The van der Waals surface area contributed by atoms with E-state index in [1.807, 2.05) is 39.0 Å². The molecule has 0 radical (unpaired) electrons. The van der Waals surface area contributed by atoms with Gasteiger partial charge in [0, 0.05) is 15.7 Å². The summed E-state index contributed by atoms with van der Waals surface area (Å²) in [5.41, 5.74) is 10.3. The smallest absolute Gasteiger partial charge is 0.197 e. The number of carbonyl (C=O) groups excluding carboxylic acids is 1. The van der Waals surface area contributed by atoms with Gasteiger partial charge in [-0.2, -0.15) is 0 Å². The minimum absolute atomic E-state index is 0.0795. The summed E-state index contributed by atoms with van der Waals surface area (Å²) in [5.74, 6) is 0.532. The quantitative estimate of drug-likeness (QED) is 0.668. The van der Waals surface area contributed by atoms with E-state index in [-0.39, 0.29) is 5.78 Å². The van der Waals surface area contributed by atoms with Crippen molar-refractivity contribution in [2.75, 3.05) is 12.8 Å². The Balaban J connectivity index is 2.68. The third kappa shape index (κ3) is 2.95. The number of rotatable bonds is 3. The van der Waals surface area contributed by atoms with Crippen LogP contribution in [-0.4, -0.2) is 12.9 Å². The lowest BCUT2D eigenvalue weighted by Crippen LogP contribution is -2.09. The summed E-state index contributed by atoms with van der Waals surface area (Å²) < 4.78 is 6.34. The molecule has 0 atom stereocenters. The van der Waals surface area contributed by atoms with Gasteiger partial charge >= 0.3 is 0 Å². The molecule has 110 valence electrons. The van der Waals surface area contributed by atoms with Gasteiger partial charge in [0.05, 0.1) is 12.7 Å². The molecule has 2 rings (SSSR count). The number of nitrogen functional groups attached to an aromatic ring is 1.